The van der Waals surface area contributed by atoms with Crippen molar-refractivity contribution in [3.63, 3.8) is 0 Å². The molecule has 0 radical (unpaired) electrons. The molecule has 0 unspecified atom stereocenters. The van der Waals surface area contributed by atoms with E-state index in [1.54, 1.807) is 25.1 Å². The van der Waals surface area contributed by atoms with E-state index in [1.807, 2.05) is 13.0 Å². The molecule has 0 aromatic heterocycles. The molecular formula is C24H31Cl2N3O5S. The maximum Gasteiger partial charge on any atom is 0.244 e. The Morgan fingerprint density at radius 3 is 2.37 bits per heavy atom. The van der Waals surface area contributed by atoms with Crippen molar-refractivity contribution in [2.24, 2.45) is 0 Å². The average molecular weight is 545 g/mol. The lowest BCUT2D eigenvalue weighted by atomic mass is 10.1. The van der Waals surface area contributed by atoms with Crippen LogP contribution in [0.15, 0.2) is 42.5 Å². The first-order valence-electron chi connectivity index (χ1n) is 11.1. The average Bonchev–Trinajstić information content (AvgIpc) is 2.82. The van der Waals surface area contributed by atoms with Gasteiger partial charge in [-0.2, -0.15) is 0 Å². The Bertz CT molecular complexity index is 1140. The number of methoxy groups -OCH3 is 1. The van der Waals surface area contributed by atoms with Crippen molar-refractivity contribution in [2.45, 2.75) is 39.3 Å². The molecule has 0 saturated heterocycles. The molecule has 11 heteroatoms. The van der Waals surface area contributed by atoms with E-state index in [4.69, 9.17) is 27.9 Å². The van der Waals surface area contributed by atoms with Crippen molar-refractivity contribution in [1.82, 2.24) is 10.2 Å². The van der Waals surface area contributed by atoms with Crippen LogP contribution in [-0.2, 0) is 26.2 Å². The zero-order chi connectivity index (χ0) is 26.2. The van der Waals surface area contributed by atoms with Gasteiger partial charge in [0.05, 0.1) is 29.1 Å². The molecule has 1 N–H and O–H groups in total. The van der Waals surface area contributed by atoms with Gasteiger partial charge in [0.2, 0.25) is 21.8 Å². The van der Waals surface area contributed by atoms with E-state index < -0.39 is 28.5 Å². The van der Waals surface area contributed by atoms with Gasteiger partial charge in [0.15, 0.2) is 0 Å². The molecule has 0 saturated carbocycles. The molecule has 35 heavy (non-hydrogen) atoms. The molecule has 0 aliphatic carbocycles. The zero-order valence-corrected chi connectivity index (χ0v) is 22.6. The molecular weight excluding hydrogens is 513 g/mol. The van der Waals surface area contributed by atoms with E-state index in [-0.39, 0.29) is 28.2 Å². The molecule has 192 valence electrons. The third kappa shape index (κ3) is 8.02. The number of amides is 2. The standard InChI is InChI=1S/C24H31Cl2N3O5S/c1-5-12-27-24(31)22(6-2)28(15-17-8-7-9-19(13-17)34-3)23(30)16-29(35(4,32)33)18-10-11-20(25)21(26)14-18/h7-11,13-14,22H,5-6,12,15-16H2,1-4H3,(H,27,31)/t22-/m1/s1. The van der Waals surface area contributed by atoms with Gasteiger partial charge in [0.1, 0.15) is 18.3 Å². The van der Waals surface area contributed by atoms with Gasteiger partial charge < -0.3 is 15.0 Å². The Morgan fingerprint density at radius 2 is 1.80 bits per heavy atom. The quantitative estimate of drug-likeness (QED) is 0.434. The Morgan fingerprint density at radius 1 is 1.09 bits per heavy atom. The van der Waals surface area contributed by atoms with Crippen molar-refractivity contribution in [2.75, 3.05) is 30.8 Å². The number of sulfonamides is 1. The molecule has 2 rings (SSSR count). The van der Waals surface area contributed by atoms with Crippen molar-refractivity contribution in [1.29, 1.82) is 0 Å². The minimum Gasteiger partial charge on any atom is -0.497 e. The molecule has 2 aromatic carbocycles. The van der Waals surface area contributed by atoms with Crippen molar-refractivity contribution < 1.29 is 22.7 Å². The molecule has 0 aliphatic rings. The summed E-state index contributed by atoms with van der Waals surface area (Å²) in [4.78, 5) is 27.9. The summed E-state index contributed by atoms with van der Waals surface area (Å²) in [6.07, 6.45) is 2.09. The van der Waals surface area contributed by atoms with Crippen LogP contribution in [0.1, 0.15) is 32.3 Å². The number of carbonyl (C=O) groups is 2. The van der Waals surface area contributed by atoms with Crippen molar-refractivity contribution >= 4 is 50.7 Å². The predicted molar refractivity (Wildman–Crippen MR) is 140 cm³/mol. The van der Waals surface area contributed by atoms with E-state index in [2.05, 4.69) is 5.32 Å². The highest BCUT2D eigenvalue weighted by atomic mass is 35.5. The summed E-state index contributed by atoms with van der Waals surface area (Å²) in [6, 6.07) is 10.7. The maximum atomic E-state index is 13.6. The summed E-state index contributed by atoms with van der Waals surface area (Å²) >= 11 is 12.1. The van der Waals surface area contributed by atoms with Gasteiger partial charge in [-0.25, -0.2) is 8.42 Å². The molecule has 8 nitrogen and oxygen atoms in total. The number of anilines is 1. The van der Waals surface area contributed by atoms with Crippen LogP contribution in [0.3, 0.4) is 0 Å². The SMILES string of the molecule is CCCNC(=O)[C@@H](CC)N(Cc1cccc(OC)c1)C(=O)CN(c1ccc(Cl)c(Cl)c1)S(C)(=O)=O. The molecule has 0 spiro atoms. The largest absolute Gasteiger partial charge is 0.497 e. The summed E-state index contributed by atoms with van der Waals surface area (Å²) < 4.78 is 31.5. The molecule has 0 bridgehead atoms. The number of halogens is 2. The van der Waals surface area contributed by atoms with Gasteiger partial charge >= 0.3 is 0 Å². The molecule has 2 aromatic rings. The molecule has 0 fully saturated rings. The molecule has 0 aliphatic heterocycles. The third-order valence-electron chi connectivity index (χ3n) is 5.29. The minimum absolute atomic E-state index is 0.0903. The predicted octanol–water partition coefficient (Wildman–Crippen LogP) is 4.10. The van der Waals surface area contributed by atoms with Crippen LogP contribution in [0.25, 0.3) is 0 Å². The first kappa shape index (κ1) is 28.7. The third-order valence-corrected chi connectivity index (χ3v) is 7.17. The number of carbonyl (C=O) groups excluding carboxylic acids is 2. The van der Waals surface area contributed by atoms with Gasteiger partial charge in [0.25, 0.3) is 0 Å². The highest BCUT2D eigenvalue weighted by molar-refractivity contribution is 7.92. The highest BCUT2D eigenvalue weighted by Crippen LogP contribution is 2.29. The summed E-state index contributed by atoms with van der Waals surface area (Å²) in [5.74, 6) is -0.235. The fourth-order valence-electron chi connectivity index (χ4n) is 3.51. The second-order valence-electron chi connectivity index (χ2n) is 7.96. The smallest absolute Gasteiger partial charge is 0.244 e. The highest BCUT2D eigenvalue weighted by Gasteiger charge is 2.31. The number of nitrogens with one attached hydrogen (secondary N) is 1. The van der Waals surface area contributed by atoms with E-state index in [0.717, 1.165) is 22.5 Å². The van der Waals surface area contributed by atoms with Crippen molar-refractivity contribution in [3.05, 3.63) is 58.1 Å². The number of ether oxygens (including phenoxy) is 1. The summed E-state index contributed by atoms with van der Waals surface area (Å²) in [7, 11) is -2.32. The fraction of sp³-hybridized carbons (Fsp3) is 0.417. The lowest BCUT2D eigenvalue weighted by Gasteiger charge is -2.33. The van der Waals surface area contributed by atoms with Gasteiger partial charge in [-0.15, -0.1) is 0 Å². The first-order valence-corrected chi connectivity index (χ1v) is 13.7. The minimum atomic E-state index is -3.86. The Balaban J connectivity index is 2.45. The second kappa shape index (κ2) is 13.0. The summed E-state index contributed by atoms with van der Waals surface area (Å²) in [5, 5.41) is 3.25. The topological polar surface area (TPSA) is 96.0 Å². The lowest BCUT2D eigenvalue weighted by molar-refractivity contribution is -0.140. The van der Waals surface area contributed by atoms with E-state index in [1.165, 1.54) is 30.2 Å². The summed E-state index contributed by atoms with van der Waals surface area (Å²) in [6.45, 7) is 3.78. The molecule has 2 amide bonds. The van der Waals surface area contributed by atoms with E-state index in [0.29, 0.717) is 18.7 Å². The van der Waals surface area contributed by atoms with E-state index >= 15 is 0 Å². The monoisotopic (exact) mass is 543 g/mol. The molecule has 1 atom stereocenters. The van der Waals surface area contributed by atoms with Crippen LogP contribution in [-0.4, -0.2) is 57.6 Å². The molecule has 0 heterocycles. The van der Waals surface area contributed by atoms with Gasteiger partial charge in [-0.1, -0.05) is 49.2 Å². The van der Waals surface area contributed by atoms with E-state index in [9.17, 15) is 18.0 Å². The van der Waals surface area contributed by atoms with Crippen LogP contribution >= 0.6 is 23.2 Å². The van der Waals surface area contributed by atoms with Gasteiger partial charge in [-0.05, 0) is 48.7 Å². The Hall–Kier alpha value is -2.49. The van der Waals surface area contributed by atoms with Crippen LogP contribution in [0, 0.1) is 0 Å². The normalized spacial score (nSPS) is 12.1. The van der Waals surface area contributed by atoms with Gasteiger partial charge in [0, 0.05) is 13.1 Å². The number of benzene rings is 2. The summed E-state index contributed by atoms with van der Waals surface area (Å²) in [5.41, 5.74) is 0.931. The number of hydrogen-bond acceptors (Lipinski definition) is 5. The fourth-order valence-corrected chi connectivity index (χ4v) is 4.64. The lowest BCUT2D eigenvalue weighted by Crippen LogP contribution is -2.52. The Labute approximate surface area is 217 Å². The van der Waals surface area contributed by atoms with Crippen LogP contribution < -0.4 is 14.4 Å². The first-order chi connectivity index (χ1) is 16.5. The van der Waals surface area contributed by atoms with Crippen molar-refractivity contribution in [3.8, 4) is 5.75 Å². The number of hydrogen-bond donors (Lipinski definition) is 1. The number of rotatable bonds is 12. The van der Waals surface area contributed by atoms with Crippen LogP contribution in [0.5, 0.6) is 5.75 Å². The Kier molecular flexibility index (Phi) is 10.7. The van der Waals surface area contributed by atoms with Gasteiger partial charge in [-0.3, -0.25) is 13.9 Å². The van der Waals surface area contributed by atoms with Crippen LogP contribution in [0.2, 0.25) is 10.0 Å². The zero-order valence-electron chi connectivity index (χ0n) is 20.3. The second-order valence-corrected chi connectivity index (χ2v) is 10.7. The van der Waals surface area contributed by atoms with Crippen LogP contribution in [0.4, 0.5) is 5.69 Å². The number of nitrogens with zero attached hydrogens (tertiary/aromatic N) is 2. The maximum absolute atomic E-state index is 13.6.